The fourth-order valence-electron chi connectivity index (χ4n) is 1.78. The number of hydrogen-bond donors (Lipinski definition) is 2. The monoisotopic (exact) mass is 401 g/mol. The summed E-state index contributed by atoms with van der Waals surface area (Å²) in [5, 5.41) is 5.34. The molecule has 130 valence electrons. The Hall–Kier alpha value is -2.37. The number of amides is 1. The van der Waals surface area contributed by atoms with E-state index in [1.165, 1.54) is 17.5 Å². The van der Waals surface area contributed by atoms with E-state index in [0.717, 1.165) is 34.8 Å². The van der Waals surface area contributed by atoms with Crippen molar-refractivity contribution in [3.8, 4) is 0 Å². The van der Waals surface area contributed by atoms with Crippen LogP contribution in [0.15, 0.2) is 45.3 Å². The molecule has 3 rings (SSSR count). The molecular formula is C14H9F2N3O3S3. The Labute approximate surface area is 149 Å². The third-order valence-corrected chi connectivity index (χ3v) is 6.52. The van der Waals surface area contributed by atoms with Crippen molar-refractivity contribution in [3.63, 3.8) is 0 Å². The van der Waals surface area contributed by atoms with E-state index in [2.05, 4.69) is 15.0 Å². The molecule has 6 nitrogen and oxygen atoms in total. The molecule has 0 spiro atoms. The third kappa shape index (κ3) is 4.00. The number of hydrogen-bond acceptors (Lipinski definition) is 6. The van der Waals surface area contributed by atoms with Gasteiger partial charge in [0.25, 0.3) is 15.9 Å². The summed E-state index contributed by atoms with van der Waals surface area (Å²) < 4.78 is 52.6. The average Bonchev–Trinajstić information content (AvgIpc) is 3.22. The van der Waals surface area contributed by atoms with Gasteiger partial charge >= 0.3 is 0 Å². The molecule has 0 atom stereocenters. The molecule has 0 fully saturated rings. The van der Waals surface area contributed by atoms with Crippen molar-refractivity contribution >= 4 is 49.4 Å². The first kappa shape index (κ1) is 17.5. The van der Waals surface area contributed by atoms with Crippen LogP contribution >= 0.6 is 22.7 Å². The van der Waals surface area contributed by atoms with Crippen LogP contribution < -0.4 is 10.0 Å². The zero-order valence-corrected chi connectivity index (χ0v) is 14.6. The van der Waals surface area contributed by atoms with Crippen molar-refractivity contribution in [1.29, 1.82) is 0 Å². The van der Waals surface area contributed by atoms with Gasteiger partial charge in [0.2, 0.25) is 0 Å². The molecule has 2 N–H and O–H groups in total. The Morgan fingerprint density at radius 1 is 1.12 bits per heavy atom. The van der Waals surface area contributed by atoms with Crippen molar-refractivity contribution in [3.05, 3.63) is 58.4 Å². The Kier molecular flexibility index (Phi) is 4.79. The molecule has 0 aliphatic carbocycles. The quantitative estimate of drug-likeness (QED) is 0.685. The van der Waals surface area contributed by atoms with E-state index in [0.29, 0.717) is 0 Å². The largest absolute Gasteiger partial charge is 0.321 e. The molecule has 2 heterocycles. The second-order valence-corrected chi connectivity index (χ2v) is 8.37. The fraction of sp³-hybridized carbons (Fsp3) is 0. The number of nitrogens with zero attached hydrogens (tertiary/aromatic N) is 1. The Bertz CT molecular complexity index is 1020. The molecule has 0 unspecified atom stereocenters. The molecule has 0 radical (unpaired) electrons. The first-order chi connectivity index (χ1) is 11.8. The van der Waals surface area contributed by atoms with E-state index in [1.807, 2.05) is 0 Å². The number of thiophene rings is 1. The molecule has 0 saturated carbocycles. The Morgan fingerprint density at radius 2 is 1.92 bits per heavy atom. The highest BCUT2D eigenvalue weighted by Gasteiger charge is 2.19. The van der Waals surface area contributed by atoms with Crippen LogP contribution in [0.2, 0.25) is 0 Å². The van der Waals surface area contributed by atoms with Gasteiger partial charge in [0.15, 0.2) is 16.8 Å². The lowest BCUT2D eigenvalue weighted by molar-refractivity contribution is 0.102. The van der Waals surface area contributed by atoms with Gasteiger partial charge in [0, 0.05) is 17.1 Å². The summed E-state index contributed by atoms with van der Waals surface area (Å²) in [6.45, 7) is 0. The number of halogens is 2. The van der Waals surface area contributed by atoms with Gasteiger partial charge in [-0.05, 0) is 23.6 Å². The van der Waals surface area contributed by atoms with Crippen molar-refractivity contribution in [2.75, 3.05) is 10.0 Å². The van der Waals surface area contributed by atoms with Gasteiger partial charge in [-0.2, -0.15) is 0 Å². The molecule has 2 aromatic heterocycles. The van der Waals surface area contributed by atoms with Crippen LogP contribution in [0.3, 0.4) is 0 Å². The maximum Gasteiger partial charge on any atom is 0.275 e. The molecule has 3 aromatic rings. The normalized spacial score (nSPS) is 11.3. The predicted molar refractivity (Wildman–Crippen MR) is 91.6 cm³/mol. The number of anilines is 2. The molecule has 11 heteroatoms. The van der Waals surface area contributed by atoms with E-state index < -0.39 is 27.6 Å². The zero-order chi connectivity index (χ0) is 18.0. The zero-order valence-electron chi connectivity index (χ0n) is 12.2. The molecular weight excluding hydrogens is 392 g/mol. The van der Waals surface area contributed by atoms with Crippen molar-refractivity contribution in [2.45, 2.75) is 4.21 Å². The smallest absolute Gasteiger partial charge is 0.275 e. The Morgan fingerprint density at radius 3 is 2.60 bits per heavy atom. The summed E-state index contributed by atoms with van der Waals surface area (Å²) in [7, 11) is -3.76. The first-order valence-electron chi connectivity index (χ1n) is 6.63. The van der Waals surface area contributed by atoms with Gasteiger partial charge in [0.1, 0.15) is 9.90 Å². The third-order valence-electron chi connectivity index (χ3n) is 2.90. The fourth-order valence-corrected chi connectivity index (χ4v) is 4.71. The minimum atomic E-state index is -3.76. The summed E-state index contributed by atoms with van der Waals surface area (Å²) in [5.74, 6) is -2.80. The standard InChI is InChI=1S/C14H9F2N3O3S3/c15-9-4-3-8(6-10(9)16)17-13(20)11-7-24-14(18-11)19-25(21,22)12-2-1-5-23-12/h1-7H,(H,17,20)(H,18,19). The van der Waals surface area contributed by atoms with E-state index in [-0.39, 0.29) is 20.7 Å². The van der Waals surface area contributed by atoms with Crippen LogP contribution in [-0.4, -0.2) is 19.3 Å². The maximum atomic E-state index is 13.1. The number of sulfonamides is 1. The van der Waals surface area contributed by atoms with E-state index in [1.54, 1.807) is 11.4 Å². The lowest BCUT2D eigenvalue weighted by Gasteiger charge is -2.04. The average molecular weight is 401 g/mol. The van der Waals surface area contributed by atoms with Crippen LogP contribution in [0.4, 0.5) is 19.6 Å². The van der Waals surface area contributed by atoms with Gasteiger partial charge in [-0.15, -0.1) is 22.7 Å². The first-order valence-corrected chi connectivity index (χ1v) is 9.88. The summed E-state index contributed by atoms with van der Waals surface area (Å²) in [5.41, 5.74) is -0.00349. The highest BCUT2D eigenvalue weighted by molar-refractivity contribution is 7.94. The molecule has 0 bridgehead atoms. The van der Waals surface area contributed by atoms with Crippen molar-refractivity contribution < 1.29 is 22.0 Å². The van der Waals surface area contributed by atoms with Gasteiger partial charge in [0.05, 0.1) is 0 Å². The van der Waals surface area contributed by atoms with Gasteiger partial charge in [-0.25, -0.2) is 22.2 Å². The van der Waals surface area contributed by atoms with Gasteiger partial charge in [-0.3, -0.25) is 9.52 Å². The van der Waals surface area contributed by atoms with Crippen LogP contribution in [0.5, 0.6) is 0 Å². The summed E-state index contributed by atoms with van der Waals surface area (Å²) in [6.07, 6.45) is 0. The van der Waals surface area contributed by atoms with Crippen LogP contribution in [0.25, 0.3) is 0 Å². The molecule has 1 aromatic carbocycles. The van der Waals surface area contributed by atoms with E-state index >= 15 is 0 Å². The van der Waals surface area contributed by atoms with Crippen LogP contribution in [0.1, 0.15) is 10.5 Å². The van der Waals surface area contributed by atoms with Gasteiger partial charge in [-0.1, -0.05) is 6.07 Å². The number of rotatable bonds is 5. The van der Waals surface area contributed by atoms with E-state index in [9.17, 15) is 22.0 Å². The van der Waals surface area contributed by atoms with Crippen molar-refractivity contribution in [1.82, 2.24) is 4.98 Å². The summed E-state index contributed by atoms with van der Waals surface area (Å²) >= 11 is 1.97. The highest BCUT2D eigenvalue weighted by Crippen LogP contribution is 2.23. The van der Waals surface area contributed by atoms with E-state index in [4.69, 9.17) is 0 Å². The topological polar surface area (TPSA) is 88.2 Å². The summed E-state index contributed by atoms with van der Waals surface area (Å²) in [4.78, 5) is 16.0. The second-order valence-electron chi connectivity index (χ2n) is 4.66. The lowest BCUT2D eigenvalue weighted by Crippen LogP contribution is -2.14. The SMILES string of the molecule is O=C(Nc1ccc(F)c(F)c1)c1csc(NS(=O)(=O)c2cccs2)n1. The molecule has 1 amide bonds. The van der Waals surface area contributed by atoms with Crippen LogP contribution in [0, 0.1) is 11.6 Å². The van der Waals surface area contributed by atoms with Gasteiger partial charge < -0.3 is 5.32 Å². The minimum Gasteiger partial charge on any atom is -0.321 e. The molecule has 0 saturated heterocycles. The number of carbonyl (C=O) groups is 1. The number of thiazole rings is 1. The number of benzene rings is 1. The minimum absolute atomic E-state index is 0.0174. The lowest BCUT2D eigenvalue weighted by atomic mass is 10.3. The predicted octanol–water partition coefficient (Wildman–Crippen LogP) is 3.54. The molecule has 25 heavy (non-hydrogen) atoms. The number of aromatic nitrogens is 1. The van der Waals surface area contributed by atoms with Crippen molar-refractivity contribution in [2.24, 2.45) is 0 Å². The number of carbonyl (C=O) groups excluding carboxylic acids is 1. The van der Waals surface area contributed by atoms with Crippen LogP contribution in [-0.2, 0) is 10.0 Å². The maximum absolute atomic E-state index is 13.1. The number of nitrogens with one attached hydrogen (secondary N) is 2. The highest BCUT2D eigenvalue weighted by atomic mass is 32.2. The molecule has 0 aliphatic rings. The second kappa shape index (κ2) is 6.86. The summed E-state index contributed by atoms with van der Waals surface area (Å²) in [6, 6.07) is 5.95. The Balaban J connectivity index is 1.72. The molecule has 0 aliphatic heterocycles.